The van der Waals surface area contributed by atoms with Crippen LogP contribution in [-0.2, 0) is 5.41 Å². The number of aromatic amines is 1. The number of rotatable bonds is 2. The van der Waals surface area contributed by atoms with Gasteiger partial charge in [0.15, 0.2) is 0 Å². The van der Waals surface area contributed by atoms with E-state index in [1.54, 1.807) is 0 Å². The maximum Gasteiger partial charge on any atom is 0.0926 e. The van der Waals surface area contributed by atoms with E-state index in [-0.39, 0.29) is 5.41 Å². The summed E-state index contributed by atoms with van der Waals surface area (Å²) in [6.45, 7) is 7.00. The Balaban J connectivity index is 2.75. The van der Waals surface area contributed by atoms with Gasteiger partial charge in [0.1, 0.15) is 0 Å². The van der Waals surface area contributed by atoms with Crippen LogP contribution >= 0.6 is 0 Å². The average Bonchev–Trinajstić information content (AvgIpc) is 2.60. The summed E-state index contributed by atoms with van der Waals surface area (Å²) in [5.74, 6) is 0. The summed E-state index contributed by atoms with van der Waals surface area (Å²) in [6, 6.07) is 6.20. The lowest BCUT2D eigenvalue weighted by Crippen LogP contribution is -2.28. The first-order valence-corrected chi connectivity index (χ1v) is 5.20. The number of hydrogen-bond donors (Lipinski definition) is 2. The largest absolute Gasteiger partial charge is 0.330 e. The Bertz CT molecular complexity index is 483. The first kappa shape index (κ1) is 10.2. The van der Waals surface area contributed by atoms with Crippen molar-refractivity contribution in [1.29, 1.82) is 0 Å². The first-order valence-electron chi connectivity index (χ1n) is 5.20. The molecule has 0 spiro atoms. The summed E-state index contributed by atoms with van der Waals surface area (Å²) in [5, 5.41) is 8.50. The van der Waals surface area contributed by atoms with Gasteiger partial charge in [-0.3, -0.25) is 5.10 Å². The van der Waals surface area contributed by atoms with Crippen LogP contribution < -0.4 is 5.73 Å². The molecular weight excluding hydrogens is 186 g/mol. The Morgan fingerprint density at radius 1 is 1.40 bits per heavy atom. The summed E-state index contributed by atoms with van der Waals surface area (Å²) >= 11 is 0. The van der Waals surface area contributed by atoms with E-state index in [0.717, 1.165) is 11.2 Å². The standard InChI is InChI=1S/C12H17N3/c1-8-11-9(12(2,3)7-13)5-4-6-10(11)15-14-8/h4-6H,7,13H2,1-3H3,(H,14,15). The van der Waals surface area contributed by atoms with Crippen molar-refractivity contribution in [3.8, 4) is 0 Å². The third kappa shape index (κ3) is 1.53. The molecule has 0 saturated carbocycles. The molecule has 0 fully saturated rings. The van der Waals surface area contributed by atoms with E-state index in [0.29, 0.717) is 6.54 Å². The highest BCUT2D eigenvalue weighted by atomic mass is 15.1. The molecule has 0 aliphatic carbocycles. The van der Waals surface area contributed by atoms with Crippen molar-refractivity contribution in [2.45, 2.75) is 26.2 Å². The van der Waals surface area contributed by atoms with Gasteiger partial charge < -0.3 is 5.73 Å². The molecule has 3 nitrogen and oxygen atoms in total. The second kappa shape index (κ2) is 3.35. The molecule has 1 heterocycles. The minimum absolute atomic E-state index is 0.00581. The van der Waals surface area contributed by atoms with Crippen LogP contribution in [0.25, 0.3) is 10.9 Å². The minimum Gasteiger partial charge on any atom is -0.330 e. The average molecular weight is 203 g/mol. The fraction of sp³-hybridized carbons (Fsp3) is 0.417. The number of hydrogen-bond acceptors (Lipinski definition) is 2. The van der Waals surface area contributed by atoms with Gasteiger partial charge in [-0.15, -0.1) is 0 Å². The molecule has 0 bridgehead atoms. The molecule has 1 aromatic heterocycles. The molecule has 3 heteroatoms. The first-order chi connectivity index (χ1) is 7.06. The maximum atomic E-state index is 5.82. The molecule has 0 amide bonds. The topological polar surface area (TPSA) is 54.7 Å². The molecular formula is C12H17N3. The van der Waals surface area contributed by atoms with Crippen molar-refractivity contribution in [3.63, 3.8) is 0 Å². The maximum absolute atomic E-state index is 5.82. The smallest absolute Gasteiger partial charge is 0.0926 e. The Hall–Kier alpha value is -1.35. The molecule has 0 unspecified atom stereocenters. The van der Waals surface area contributed by atoms with Gasteiger partial charge in [0.25, 0.3) is 0 Å². The van der Waals surface area contributed by atoms with Crippen molar-refractivity contribution < 1.29 is 0 Å². The van der Waals surface area contributed by atoms with E-state index >= 15 is 0 Å². The summed E-state index contributed by atoms with van der Waals surface area (Å²) in [5.41, 5.74) is 9.22. The predicted molar refractivity (Wildman–Crippen MR) is 62.9 cm³/mol. The predicted octanol–water partition coefficient (Wildman–Crippen LogP) is 2.11. The zero-order chi connectivity index (χ0) is 11.1. The lowest BCUT2D eigenvalue weighted by atomic mass is 9.82. The third-order valence-electron chi connectivity index (χ3n) is 3.00. The van der Waals surface area contributed by atoms with E-state index in [1.807, 2.05) is 19.1 Å². The fourth-order valence-electron chi connectivity index (χ4n) is 1.90. The number of nitrogens with two attached hydrogens (primary N) is 1. The fourth-order valence-corrected chi connectivity index (χ4v) is 1.90. The number of benzene rings is 1. The van der Waals surface area contributed by atoms with Crippen LogP contribution in [0.15, 0.2) is 18.2 Å². The number of nitrogens with one attached hydrogen (secondary N) is 1. The second-order valence-corrected chi connectivity index (χ2v) is 4.64. The highest BCUT2D eigenvalue weighted by Crippen LogP contribution is 2.30. The van der Waals surface area contributed by atoms with Crippen molar-refractivity contribution in [1.82, 2.24) is 10.2 Å². The summed E-state index contributed by atoms with van der Waals surface area (Å²) < 4.78 is 0. The molecule has 0 atom stereocenters. The SMILES string of the molecule is Cc1[nH]nc2cccc(C(C)(C)CN)c12. The van der Waals surface area contributed by atoms with Crippen molar-refractivity contribution in [2.24, 2.45) is 5.73 Å². The molecule has 0 aliphatic rings. The van der Waals surface area contributed by atoms with Crippen LogP contribution in [0.3, 0.4) is 0 Å². The van der Waals surface area contributed by atoms with Crippen molar-refractivity contribution in [3.05, 3.63) is 29.5 Å². The summed E-state index contributed by atoms with van der Waals surface area (Å²) in [4.78, 5) is 0. The van der Waals surface area contributed by atoms with Gasteiger partial charge in [-0.1, -0.05) is 26.0 Å². The molecule has 1 aromatic carbocycles. The Kier molecular flexibility index (Phi) is 2.27. The number of nitrogens with zero attached hydrogens (tertiary/aromatic N) is 1. The zero-order valence-electron chi connectivity index (χ0n) is 9.46. The van der Waals surface area contributed by atoms with Crippen LogP contribution in [0.5, 0.6) is 0 Å². The molecule has 2 rings (SSSR count). The number of fused-ring (bicyclic) bond motifs is 1. The van der Waals surface area contributed by atoms with Gasteiger partial charge in [-0.05, 0) is 18.6 Å². The normalized spacial score (nSPS) is 12.3. The van der Waals surface area contributed by atoms with Crippen molar-refractivity contribution in [2.75, 3.05) is 6.54 Å². The number of aromatic nitrogens is 2. The highest BCUT2D eigenvalue weighted by molar-refractivity contribution is 5.85. The monoisotopic (exact) mass is 203 g/mol. The molecule has 2 aromatic rings. The van der Waals surface area contributed by atoms with Crippen LogP contribution in [0.4, 0.5) is 0 Å². The third-order valence-corrected chi connectivity index (χ3v) is 3.00. The van der Waals surface area contributed by atoms with E-state index in [1.165, 1.54) is 10.9 Å². The summed E-state index contributed by atoms with van der Waals surface area (Å²) in [7, 11) is 0. The van der Waals surface area contributed by atoms with Gasteiger partial charge in [0.05, 0.1) is 5.52 Å². The Morgan fingerprint density at radius 3 is 2.80 bits per heavy atom. The van der Waals surface area contributed by atoms with Gasteiger partial charge in [-0.25, -0.2) is 0 Å². The van der Waals surface area contributed by atoms with Crippen LogP contribution in [-0.4, -0.2) is 16.7 Å². The second-order valence-electron chi connectivity index (χ2n) is 4.64. The molecule has 15 heavy (non-hydrogen) atoms. The van der Waals surface area contributed by atoms with E-state index in [9.17, 15) is 0 Å². The van der Waals surface area contributed by atoms with E-state index < -0.39 is 0 Å². The molecule has 80 valence electrons. The molecule has 3 N–H and O–H groups in total. The highest BCUT2D eigenvalue weighted by Gasteiger charge is 2.22. The quantitative estimate of drug-likeness (QED) is 0.785. The van der Waals surface area contributed by atoms with Gasteiger partial charge in [0, 0.05) is 23.0 Å². The van der Waals surface area contributed by atoms with Gasteiger partial charge >= 0.3 is 0 Å². The van der Waals surface area contributed by atoms with Crippen LogP contribution in [0, 0.1) is 6.92 Å². The van der Waals surface area contributed by atoms with E-state index in [2.05, 4.69) is 30.1 Å². The lowest BCUT2D eigenvalue weighted by Gasteiger charge is -2.24. The number of aryl methyl sites for hydroxylation is 1. The molecule has 0 saturated heterocycles. The Labute approximate surface area is 89.7 Å². The Morgan fingerprint density at radius 2 is 2.13 bits per heavy atom. The zero-order valence-corrected chi connectivity index (χ0v) is 9.46. The minimum atomic E-state index is -0.00581. The number of H-pyrrole nitrogens is 1. The summed E-state index contributed by atoms with van der Waals surface area (Å²) in [6.07, 6.45) is 0. The molecule has 0 aliphatic heterocycles. The molecule has 0 radical (unpaired) electrons. The van der Waals surface area contributed by atoms with Crippen LogP contribution in [0.2, 0.25) is 0 Å². The lowest BCUT2D eigenvalue weighted by molar-refractivity contribution is 0.543. The van der Waals surface area contributed by atoms with E-state index in [4.69, 9.17) is 5.73 Å². The van der Waals surface area contributed by atoms with Crippen molar-refractivity contribution >= 4 is 10.9 Å². The van der Waals surface area contributed by atoms with Gasteiger partial charge in [0.2, 0.25) is 0 Å². The van der Waals surface area contributed by atoms with Crippen LogP contribution in [0.1, 0.15) is 25.1 Å². The van der Waals surface area contributed by atoms with Gasteiger partial charge in [-0.2, -0.15) is 5.10 Å².